The normalized spacial score (nSPS) is 14.6. The zero-order valence-electron chi connectivity index (χ0n) is 19.1. The monoisotopic (exact) mass is 469 g/mol. The van der Waals surface area contributed by atoms with Crippen molar-refractivity contribution in [2.24, 2.45) is 0 Å². The Balaban J connectivity index is 1.65. The maximum atomic E-state index is 12.7. The van der Waals surface area contributed by atoms with Gasteiger partial charge >= 0.3 is 0 Å². The van der Waals surface area contributed by atoms with Crippen LogP contribution in [0.25, 0.3) is 6.08 Å². The average Bonchev–Trinajstić information content (AvgIpc) is 3.32. The predicted molar refractivity (Wildman–Crippen MR) is 130 cm³/mol. The molecule has 0 atom stereocenters. The molecule has 3 rings (SSSR count). The van der Waals surface area contributed by atoms with Crippen molar-refractivity contribution in [2.75, 3.05) is 18.4 Å². The summed E-state index contributed by atoms with van der Waals surface area (Å²) in [5.74, 6) is -0.567. The molecule has 0 radical (unpaired) electrons. The number of hydrogen-bond acceptors (Lipinski definition) is 4. The highest BCUT2D eigenvalue weighted by Crippen LogP contribution is 2.21. The molecule has 0 saturated heterocycles. The van der Waals surface area contributed by atoms with Gasteiger partial charge in [0, 0.05) is 25.2 Å². The van der Waals surface area contributed by atoms with Gasteiger partial charge in [-0.25, -0.2) is 8.42 Å². The molecule has 1 aliphatic rings. The summed E-state index contributed by atoms with van der Waals surface area (Å²) in [6, 6.07) is 13.5. The summed E-state index contributed by atoms with van der Waals surface area (Å²) in [7, 11) is -3.52. The van der Waals surface area contributed by atoms with E-state index in [1.54, 1.807) is 56.3 Å². The lowest BCUT2D eigenvalue weighted by Gasteiger charge is -2.18. The van der Waals surface area contributed by atoms with Crippen molar-refractivity contribution in [3.05, 3.63) is 65.7 Å². The van der Waals surface area contributed by atoms with Crippen molar-refractivity contribution >= 4 is 33.6 Å². The molecule has 176 valence electrons. The fourth-order valence-electron chi connectivity index (χ4n) is 3.93. The van der Waals surface area contributed by atoms with Gasteiger partial charge in [-0.1, -0.05) is 51.0 Å². The molecule has 1 aliphatic carbocycles. The minimum atomic E-state index is -3.52. The smallest absolute Gasteiger partial charge is 0.253 e. The maximum absolute atomic E-state index is 12.7. The van der Waals surface area contributed by atoms with E-state index in [-0.39, 0.29) is 22.8 Å². The number of carbonyl (C=O) groups excluding carboxylic acids is 2. The van der Waals surface area contributed by atoms with E-state index in [1.165, 1.54) is 22.5 Å². The predicted octanol–water partition coefficient (Wildman–Crippen LogP) is 4.04. The number of nitrogens with one attached hydrogen (secondary N) is 2. The van der Waals surface area contributed by atoms with E-state index in [0.29, 0.717) is 29.9 Å². The molecule has 0 aliphatic heterocycles. The first kappa shape index (κ1) is 24.7. The largest absolute Gasteiger partial charge is 0.349 e. The number of anilines is 1. The fourth-order valence-corrected chi connectivity index (χ4v) is 5.39. The summed E-state index contributed by atoms with van der Waals surface area (Å²) >= 11 is 0. The molecule has 33 heavy (non-hydrogen) atoms. The van der Waals surface area contributed by atoms with Crippen LogP contribution in [0, 0.1) is 0 Å². The Labute approximate surface area is 195 Å². The first-order valence-electron chi connectivity index (χ1n) is 11.3. The summed E-state index contributed by atoms with van der Waals surface area (Å²) in [5, 5.41) is 5.80. The molecule has 2 aromatic carbocycles. The quantitative estimate of drug-likeness (QED) is 0.542. The van der Waals surface area contributed by atoms with Gasteiger partial charge in [-0.3, -0.25) is 9.59 Å². The second-order valence-corrected chi connectivity index (χ2v) is 9.92. The molecule has 2 aromatic rings. The SMILES string of the molecule is CCN(CC)S(=O)(=O)c1ccc(/C=C/C(=O)Nc2ccccc2C(=O)NC2CCCC2)cc1. The van der Waals surface area contributed by atoms with Crippen LogP contribution >= 0.6 is 0 Å². The van der Waals surface area contributed by atoms with Crippen molar-refractivity contribution in [1.29, 1.82) is 0 Å². The van der Waals surface area contributed by atoms with Gasteiger partial charge in [0.25, 0.3) is 5.91 Å². The van der Waals surface area contributed by atoms with Gasteiger partial charge in [0.15, 0.2) is 0 Å². The van der Waals surface area contributed by atoms with E-state index in [0.717, 1.165) is 25.7 Å². The standard InChI is InChI=1S/C25H31N3O4S/c1-3-28(4-2)33(31,32)21-16-13-19(14-17-21)15-18-24(29)27-23-12-8-7-11-22(23)25(30)26-20-9-5-6-10-20/h7-8,11-18,20H,3-6,9-10H2,1-2H3,(H,26,30)(H,27,29)/b18-15+. The molecule has 0 unspecified atom stereocenters. The third-order valence-corrected chi connectivity index (χ3v) is 7.83. The number of amides is 2. The van der Waals surface area contributed by atoms with Gasteiger partial charge in [0.1, 0.15) is 0 Å². The van der Waals surface area contributed by atoms with Crippen LogP contribution in [0.2, 0.25) is 0 Å². The first-order chi connectivity index (χ1) is 15.8. The number of rotatable bonds is 9. The van der Waals surface area contributed by atoms with Gasteiger partial charge in [0.05, 0.1) is 16.1 Å². The second kappa shape index (κ2) is 11.2. The molecule has 7 nitrogen and oxygen atoms in total. The zero-order chi connectivity index (χ0) is 23.8. The average molecular weight is 470 g/mol. The molecule has 0 spiro atoms. The Hall–Kier alpha value is -2.97. The highest BCUT2D eigenvalue weighted by molar-refractivity contribution is 7.89. The van der Waals surface area contributed by atoms with E-state index >= 15 is 0 Å². The number of sulfonamides is 1. The molecule has 0 bridgehead atoms. The summed E-state index contributed by atoms with van der Waals surface area (Å²) < 4.78 is 26.6. The van der Waals surface area contributed by atoms with Crippen LogP contribution in [0.4, 0.5) is 5.69 Å². The third-order valence-electron chi connectivity index (χ3n) is 5.77. The molecule has 0 aromatic heterocycles. The van der Waals surface area contributed by atoms with Crippen molar-refractivity contribution in [2.45, 2.75) is 50.5 Å². The fraction of sp³-hybridized carbons (Fsp3) is 0.360. The number of hydrogen-bond donors (Lipinski definition) is 2. The summed E-state index contributed by atoms with van der Waals surface area (Å²) in [6.45, 7) is 4.40. The Morgan fingerprint density at radius 1 is 1.00 bits per heavy atom. The van der Waals surface area contributed by atoms with E-state index in [4.69, 9.17) is 0 Å². The van der Waals surface area contributed by atoms with Crippen LogP contribution in [0.1, 0.15) is 55.5 Å². The number of nitrogens with zero attached hydrogens (tertiary/aromatic N) is 1. The van der Waals surface area contributed by atoms with Gasteiger partial charge in [0.2, 0.25) is 15.9 Å². The number of benzene rings is 2. The van der Waals surface area contributed by atoms with Crippen LogP contribution in [-0.4, -0.2) is 43.7 Å². The first-order valence-corrected chi connectivity index (χ1v) is 12.8. The lowest BCUT2D eigenvalue weighted by Crippen LogP contribution is -2.33. The van der Waals surface area contributed by atoms with Gasteiger partial charge in [-0.2, -0.15) is 4.31 Å². The van der Waals surface area contributed by atoms with Crippen LogP contribution in [0.15, 0.2) is 59.5 Å². The van der Waals surface area contributed by atoms with E-state index in [2.05, 4.69) is 10.6 Å². The number of para-hydroxylation sites is 1. The summed E-state index contributed by atoms with van der Waals surface area (Å²) in [6.07, 6.45) is 7.17. The number of carbonyl (C=O) groups is 2. The van der Waals surface area contributed by atoms with Crippen molar-refractivity contribution < 1.29 is 18.0 Å². The van der Waals surface area contributed by atoms with E-state index < -0.39 is 10.0 Å². The lowest BCUT2D eigenvalue weighted by atomic mass is 10.1. The molecule has 0 heterocycles. The van der Waals surface area contributed by atoms with Crippen LogP contribution in [0.5, 0.6) is 0 Å². The molecule has 1 saturated carbocycles. The molecule has 1 fully saturated rings. The lowest BCUT2D eigenvalue weighted by molar-refractivity contribution is -0.111. The summed E-state index contributed by atoms with van der Waals surface area (Å²) in [4.78, 5) is 25.3. The Morgan fingerprint density at radius 2 is 1.64 bits per heavy atom. The van der Waals surface area contributed by atoms with Gasteiger partial charge < -0.3 is 10.6 Å². The highest BCUT2D eigenvalue weighted by Gasteiger charge is 2.21. The second-order valence-electron chi connectivity index (χ2n) is 7.98. The summed E-state index contributed by atoms with van der Waals surface area (Å²) in [5.41, 5.74) is 1.57. The van der Waals surface area contributed by atoms with Crippen LogP contribution < -0.4 is 10.6 Å². The van der Waals surface area contributed by atoms with Crippen molar-refractivity contribution in [3.8, 4) is 0 Å². The van der Waals surface area contributed by atoms with Crippen molar-refractivity contribution in [3.63, 3.8) is 0 Å². The minimum absolute atomic E-state index is 0.188. The van der Waals surface area contributed by atoms with E-state index in [1.807, 2.05) is 0 Å². The zero-order valence-corrected chi connectivity index (χ0v) is 19.9. The Morgan fingerprint density at radius 3 is 2.27 bits per heavy atom. The van der Waals surface area contributed by atoms with Gasteiger partial charge in [-0.15, -0.1) is 0 Å². The molecular formula is C25H31N3O4S. The van der Waals surface area contributed by atoms with Gasteiger partial charge in [-0.05, 0) is 48.7 Å². The third kappa shape index (κ3) is 6.30. The highest BCUT2D eigenvalue weighted by atomic mass is 32.2. The molecule has 2 amide bonds. The Bertz CT molecular complexity index is 1100. The Kier molecular flexibility index (Phi) is 8.41. The van der Waals surface area contributed by atoms with E-state index in [9.17, 15) is 18.0 Å². The topological polar surface area (TPSA) is 95.6 Å². The molecule has 8 heteroatoms. The maximum Gasteiger partial charge on any atom is 0.253 e. The van der Waals surface area contributed by atoms with Crippen LogP contribution in [-0.2, 0) is 14.8 Å². The van der Waals surface area contributed by atoms with Crippen LogP contribution in [0.3, 0.4) is 0 Å². The minimum Gasteiger partial charge on any atom is -0.349 e. The molecule has 2 N–H and O–H groups in total. The molecular weight excluding hydrogens is 438 g/mol. The van der Waals surface area contributed by atoms with Crippen molar-refractivity contribution in [1.82, 2.24) is 9.62 Å².